The smallest absolute Gasteiger partial charge is 0.166 e. The average Bonchev–Trinajstić information content (AvgIpc) is 2.24. The Morgan fingerprint density at radius 3 is 2.38 bits per heavy atom. The average molecular weight is 247 g/mol. The molecule has 0 aromatic carbocycles. The summed E-state index contributed by atoms with van der Waals surface area (Å²) in [7, 11) is 4.15. The molecule has 4 nitrogen and oxygen atoms in total. The molecular formula is C11H25N3OS. The van der Waals surface area contributed by atoms with Crippen LogP contribution in [0.5, 0.6) is 0 Å². The molecule has 0 spiro atoms. The summed E-state index contributed by atoms with van der Waals surface area (Å²) in [6.45, 7) is 6.47. The molecule has 0 radical (unpaired) electrons. The Morgan fingerprint density at radius 1 is 1.19 bits per heavy atom. The molecule has 0 aliphatic rings. The predicted molar refractivity (Wildman–Crippen MR) is 72.9 cm³/mol. The van der Waals surface area contributed by atoms with Gasteiger partial charge in [-0.1, -0.05) is 0 Å². The highest BCUT2D eigenvalue weighted by atomic mass is 32.1. The van der Waals surface area contributed by atoms with Crippen molar-refractivity contribution in [1.29, 1.82) is 0 Å². The lowest BCUT2D eigenvalue weighted by atomic mass is 10.4. The van der Waals surface area contributed by atoms with E-state index < -0.39 is 0 Å². The Balaban J connectivity index is 3.18. The van der Waals surface area contributed by atoms with Crippen molar-refractivity contribution < 1.29 is 4.74 Å². The van der Waals surface area contributed by atoms with Gasteiger partial charge in [-0.3, -0.25) is 0 Å². The largest absolute Gasteiger partial charge is 0.382 e. The molecular weight excluding hydrogens is 222 g/mol. The van der Waals surface area contributed by atoms with Crippen molar-refractivity contribution in [2.24, 2.45) is 0 Å². The number of ether oxygens (including phenoxy) is 1. The van der Waals surface area contributed by atoms with Crippen LogP contribution in [0.4, 0.5) is 0 Å². The van der Waals surface area contributed by atoms with Crippen LogP contribution < -0.4 is 10.6 Å². The van der Waals surface area contributed by atoms with E-state index in [4.69, 9.17) is 17.0 Å². The number of rotatable bonds is 9. The van der Waals surface area contributed by atoms with Gasteiger partial charge in [0.15, 0.2) is 5.11 Å². The van der Waals surface area contributed by atoms with Gasteiger partial charge in [-0.15, -0.1) is 0 Å². The Labute approximate surface area is 105 Å². The lowest BCUT2D eigenvalue weighted by Crippen LogP contribution is -2.37. The summed E-state index contributed by atoms with van der Waals surface area (Å²) in [6.07, 6.45) is 2.10. The second-order valence-electron chi connectivity index (χ2n) is 3.89. The number of nitrogens with zero attached hydrogens (tertiary/aromatic N) is 1. The van der Waals surface area contributed by atoms with Crippen LogP contribution >= 0.6 is 12.2 Å². The van der Waals surface area contributed by atoms with Gasteiger partial charge in [0.1, 0.15) is 0 Å². The molecule has 5 heteroatoms. The first-order chi connectivity index (χ1) is 7.66. The van der Waals surface area contributed by atoms with Crippen molar-refractivity contribution in [3.8, 4) is 0 Å². The van der Waals surface area contributed by atoms with Crippen molar-refractivity contribution in [2.75, 3.05) is 46.9 Å². The maximum absolute atomic E-state index is 5.23. The molecule has 0 fully saturated rings. The summed E-state index contributed by atoms with van der Waals surface area (Å²) in [5.41, 5.74) is 0. The monoisotopic (exact) mass is 247 g/mol. The summed E-state index contributed by atoms with van der Waals surface area (Å²) >= 11 is 5.13. The van der Waals surface area contributed by atoms with Crippen LogP contribution in [-0.2, 0) is 4.74 Å². The summed E-state index contributed by atoms with van der Waals surface area (Å²) < 4.78 is 5.23. The summed E-state index contributed by atoms with van der Waals surface area (Å²) in [4.78, 5) is 2.17. The van der Waals surface area contributed by atoms with E-state index in [9.17, 15) is 0 Å². The predicted octanol–water partition coefficient (Wildman–Crippen LogP) is 0.829. The molecule has 0 amide bonds. The first-order valence-electron chi connectivity index (χ1n) is 5.91. The summed E-state index contributed by atoms with van der Waals surface area (Å²) in [6, 6.07) is 0. The standard InChI is InChI=1S/C11H25N3OS/c1-4-15-10-6-8-13-11(16)12-7-5-9-14(2)3/h4-10H2,1-3H3,(H2,12,13,16). The SMILES string of the molecule is CCOCCCNC(=S)NCCCN(C)C. The van der Waals surface area contributed by atoms with Gasteiger partial charge in [-0.2, -0.15) is 0 Å². The van der Waals surface area contributed by atoms with Crippen molar-refractivity contribution >= 4 is 17.3 Å². The third-order valence-electron chi connectivity index (χ3n) is 2.02. The highest BCUT2D eigenvalue weighted by Crippen LogP contribution is 1.82. The molecule has 0 heterocycles. The fraction of sp³-hybridized carbons (Fsp3) is 0.909. The molecule has 16 heavy (non-hydrogen) atoms. The molecule has 96 valence electrons. The molecule has 2 N–H and O–H groups in total. The van der Waals surface area contributed by atoms with E-state index >= 15 is 0 Å². The lowest BCUT2D eigenvalue weighted by molar-refractivity contribution is 0.145. The lowest BCUT2D eigenvalue weighted by Gasteiger charge is -2.12. The number of nitrogens with one attached hydrogen (secondary N) is 2. The summed E-state index contributed by atoms with van der Waals surface area (Å²) in [5.74, 6) is 0. The third-order valence-corrected chi connectivity index (χ3v) is 2.31. The van der Waals surface area contributed by atoms with Gasteiger partial charge in [0.2, 0.25) is 0 Å². The number of hydrogen-bond acceptors (Lipinski definition) is 3. The quantitative estimate of drug-likeness (QED) is 0.466. The molecule has 0 saturated carbocycles. The molecule has 0 atom stereocenters. The Morgan fingerprint density at radius 2 is 1.81 bits per heavy atom. The highest BCUT2D eigenvalue weighted by molar-refractivity contribution is 7.80. The summed E-state index contributed by atoms with van der Waals surface area (Å²) in [5, 5.41) is 7.08. The van der Waals surface area contributed by atoms with Crippen LogP contribution in [0.25, 0.3) is 0 Å². The van der Waals surface area contributed by atoms with E-state index in [1.54, 1.807) is 0 Å². The number of hydrogen-bond donors (Lipinski definition) is 2. The second-order valence-corrected chi connectivity index (χ2v) is 4.30. The van der Waals surface area contributed by atoms with Gasteiger partial charge in [-0.05, 0) is 52.6 Å². The van der Waals surface area contributed by atoms with Gasteiger partial charge in [0.05, 0.1) is 0 Å². The van der Waals surface area contributed by atoms with Gasteiger partial charge in [0, 0.05) is 26.3 Å². The molecule has 0 aliphatic heterocycles. The van der Waals surface area contributed by atoms with Crippen molar-refractivity contribution in [1.82, 2.24) is 15.5 Å². The van der Waals surface area contributed by atoms with E-state index in [0.29, 0.717) is 0 Å². The zero-order valence-corrected chi connectivity index (χ0v) is 11.5. The van der Waals surface area contributed by atoms with Crippen molar-refractivity contribution in [3.63, 3.8) is 0 Å². The van der Waals surface area contributed by atoms with E-state index in [2.05, 4.69) is 29.6 Å². The molecule has 0 rings (SSSR count). The normalized spacial score (nSPS) is 10.5. The van der Waals surface area contributed by atoms with Crippen LogP contribution in [0.3, 0.4) is 0 Å². The second kappa shape index (κ2) is 11.1. The Bertz CT molecular complexity index is 177. The van der Waals surface area contributed by atoms with Gasteiger partial charge >= 0.3 is 0 Å². The zero-order chi connectivity index (χ0) is 12.2. The fourth-order valence-corrected chi connectivity index (χ4v) is 1.38. The van der Waals surface area contributed by atoms with Crippen LogP contribution in [0.2, 0.25) is 0 Å². The topological polar surface area (TPSA) is 36.5 Å². The van der Waals surface area contributed by atoms with Gasteiger partial charge < -0.3 is 20.3 Å². The third kappa shape index (κ3) is 11.7. The molecule has 0 bridgehead atoms. The molecule has 0 aromatic rings. The Kier molecular flexibility index (Phi) is 10.8. The van der Waals surface area contributed by atoms with E-state index in [-0.39, 0.29) is 0 Å². The van der Waals surface area contributed by atoms with Gasteiger partial charge in [-0.25, -0.2) is 0 Å². The first kappa shape index (κ1) is 15.6. The van der Waals surface area contributed by atoms with Gasteiger partial charge in [0.25, 0.3) is 0 Å². The van der Waals surface area contributed by atoms with Crippen LogP contribution in [0, 0.1) is 0 Å². The van der Waals surface area contributed by atoms with Crippen LogP contribution in [-0.4, -0.2) is 57.0 Å². The maximum atomic E-state index is 5.23. The Hall–Kier alpha value is -0.390. The van der Waals surface area contributed by atoms with Crippen molar-refractivity contribution in [2.45, 2.75) is 19.8 Å². The first-order valence-corrected chi connectivity index (χ1v) is 6.31. The maximum Gasteiger partial charge on any atom is 0.166 e. The minimum absolute atomic E-state index is 0.746. The minimum Gasteiger partial charge on any atom is -0.382 e. The van der Waals surface area contributed by atoms with E-state index in [1.807, 2.05) is 6.92 Å². The minimum atomic E-state index is 0.746. The van der Waals surface area contributed by atoms with E-state index in [1.165, 1.54) is 0 Å². The zero-order valence-electron chi connectivity index (χ0n) is 10.7. The van der Waals surface area contributed by atoms with Crippen molar-refractivity contribution in [3.05, 3.63) is 0 Å². The molecule has 0 saturated heterocycles. The van der Waals surface area contributed by atoms with Crippen LogP contribution in [0.1, 0.15) is 19.8 Å². The molecule has 0 unspecified atom stereocenters. The van der Waals surface area contributed by atoms with Crippen LogP contribution in [0.15, 0.2) is 0 Å². The fourth-order valence-electron chi connectivity index (χ4n) is 1.18. The molecule has 0 aromatic heterocycles. The highest BCUT2D eigenvalue weighted by Gasteiger charge is 1.95. The van der Waals surface area contributed by atoms with E-state index in [0.717, 1.165) is 50.8 Å². The molecule has 0 aliphatic carbocycles. The number of thiocarbonyl (C=S) groups is 1.